The van der Waals surface area contributed by atoms with E-state index in [0.29, 0.717) is 6.42 Å². The van der Waals surface area contributed by atoms with E-state index in [4.69, 9.17) is 8.92 Å². The third-order valence-corrected chi connectivity index (χ3v) is 4.74. The van der Waals surface area contributed by atoms with Crippen LogP contribution in [0.15, 0.2) is 0 Å². The molecule has 0 spiro atoms. The molecule has 2 amide bonds. The average molecular weight is 378 g/mol. The normalized spacial score (nSPS) is 29.1. The van der Waals surface area contributed by atoms with Gasteiger partial charge < -0.3 is 15.2 Å². The molecule has 2 N–H and O–H groups in total. The Morgan fingerprint density at radius 2 is 2.04 bits per heavy atom. The Balaban J connectivity index is 1.94. The molecule has 0 unspecified atom stereocenters. The maximum absolute atomic E-state index is 12.5. The third-order valence-electron chi connectivity index (χ3n) is 4.12. The van der Waals surface area contributed by atoms with Crippen LogP contribution in [0.4, 0.5) is 4.79 Å². The lowest BCUT2D eigenvalue weighted by Gasteiger charge is -2.25. The van der Waals surface area contributed by atoms with Crippen molar-refractivity contribution in [1.29, 1.82) is 0 Å². The van der Waals surface area contributed by atoms with Gasteiger partial charge in [-0.3, -0.25) is 8.98 Å². The first-order valence-electron chi connectivity index (χ1n) is 8.21. The van der Waals surface area contributed by atoms with Crippen LogP contribution in [0.3, 0.4) is 0 Å². The van der Waals surface area contributed by atoms with Gasteiger partial charge in [-0.15, -0.1) is 0 Å². The van der Waals surface area contributed by atoms with E-state index in [1.165, 1.54) is 0 Å². The summed E-state index contributed by atoms with van der Waals surface area (Å²) in [7, 11) is -3.58. The second-order valence-corrected chi connectivity index (χ2v) is 9.13. The Hall–Kier alpha value is -1.23. The van der Waals surface area contributed by atoms with Gasteiger partial charge in [-0.2, -0.15) is 8.42 Å². The van der Waals surface area contributed by atoms with Crippen molar-refractivity contribution in [3.05, 3.63) is 0 Å². The highest BCUT2D eigenvalue weighted by atomic mass is 32.2. The Morgan fingerprint density at radius 1 is 1.40 bits per heavy atom. The van der Waals surface area contributed by atoms with Crippen molar-refractivity contribution in [3.8, 4) is 0 Å². The fourth-order valence-electron chi connectivity index (χ4n) is 3.11. The van der Waals surface area contributed by atoms with Gasteiger partial charge in [-0.05, 0) is 33.6 Å². The topological polar surface area (TPSA) is 122 Å². The fourth-order valence-corrected chi connectivity index (χ4v) is 3.75. The molecule has 2 aliphatic rings. The summed E-state index contributed by atoms with van der Waals surface area (Å²) in [6, 6.07) is -0.473. The first kappa shape index (κ1) is 20.1. The number of aliphatic hydroxyl groups excluding tert-OH is 1. The van der Waals surface area contributed by atoms with E-state index in [0.717, 1.165) is 11.2 Å². The second kappa shape index (κ2) is 7.18. The number of likely N-dealkylation sites (tertiary alicyclic amines) is 1. The molecule has 144 valence electrons. The molecule has 2 fully saturated rings. The number of nitrogens with one attached hydrogen (secondary N) is 1. The molecule has 0 saturated carbocycles. The molecule has 2 rings (SSSR count). The highest BCUT2D eigenvalue weighted by molar-refractivity contribution is 7.86. The molecular formula is C15H26N2O7S. The summed E-state index contributed by atoms with van der Waals surface area (Å²) in [4.78, 5) is 25.5. The maximum atomic E-state index is 12.5. The maximum Gasteiger partial charge on any atom is 0.417 e. The molecule has 0 aromatic rings. The highest BCUT2D eigenvalue weighted by Crippen LogP contribution is 2.28. The zero-order valence-corrected chi connectivity index (χ0v) is 15.7. The van der Waals surface area contributed by atoms with Gasteiger partial charge in [-0.25, -0.2) is 9.69 Å². The van der Waals surface area contributed by atoms with Gasteiger partial charge in [0.15, 0.2) is 0 Å². The van der Waals surface area contributed by atoms with Crippen molar-refractivity contribution in [2.45, 2.75) is 57.5 Å². The van der Waals surface area contributed by atoms with Crippen molar-refractivity contribution in [2.24, 2.45) is 5.92 Å². The summed E-state index contributed by atoms with van der Waals surface area (Å²) < 4.78 is 32.5. The van der Waals surface area contributed by atoms with Crippen molar-refractivity contribution in [3.63, 3.8) is 0 Å². The number of hydrogen-bond acceptors (Lipinski definition) is 8. The lowest BCUT2D eigenvalue weighted by Crippen LogP contribution is -2.45. The van der Waals surface area contributed by atoms with E-state index in [-0.39, 0.29) is 19.5 Å². The summed E-state index contributed by atoms with van der Waals surface area (Å²) in [5, 5.41) is 13.5. The zero-order valence-electron chi connectivity index (χ0n) is 14.9. The number of hydrogen-bond donors (Lipinski definition) is 2. The Bertz CT molecular complexity index is 628. The number of carbonyl (C=O) groups excluding carboxylic acids is 2. The van der Waals surface area contributed by atoms with Gasteiger partial charge in [0.25, 0.3) is 10.1 Å². The fraction of sp³-hybridized carbons (Fsp3) is 0.867. The van der Waals surface area contributed by atoms with E-state index < -0.39 is 51.9 Å². The molecule has 0 aromatic heterocycles. The molecular weight excluding hydrogens is 352 g/mol. The third kappa shape index (κ3) is 5.37. The average Bonchev–Trinajstić information content (AvgIpc) is 3.01. The minimum Gasteiger partial charge on any atom is -0.443 e. The summed E-state index contributed by atoms with van der Waals surface area (Å²) in [6.07, 6.45) is -0.763. The second-order valence-electron chi connectivity index (χ2n) is 7.53. The molecule has 2 aliphatic heterocycles. The number of rotatable bonds is 4. The largest absolute Gasteiger partial charge is 0.443 e. The van der Waals surface area contributed by atoms with Crippen LogP contribution in [0.5, 0.6) is 0 Å². The van der Waals surface area contributed by atoms with Crippen LogP contribution in [0.25, 0.3) is 0 Å². The lowest BCUT2D eigenvalue weighted by atomic mass is 9.93. The van der Waals surface area contributed by atoms with E-state index in [1.54, 1.807) is 20.8 Å². The molecule has 2 heterocycles. The molecule has 0 aromatic carbocycles. The quantitative estimate of drug-likeness (QED) is 0.647. The molecule has 9 nitrogen and oxygen atoms in total. The summed E-state index contributed by atoms with van der Waals surface area (Å²) >= 11 is 0. The van der Waals surface area contributed by atoms with Crippen molar-refractivity contribution in [2.75, 3.05) is 19.3 Å². The van der Waals surface area contributed by atoms with Gasteiger partial charge in [0.2, 0.25) is 5.91 Å². The number of aliphatic hydroxyl groups is 1. The van der Waals surface area contributed by atoms with Gasteiger partial charge in [0, 0.05) is 19.1 Å². The predicted octanol–water partition coefficient (Wildman–Crippen LogP) is -0.162. The monoisotopic (exact) mass is 378 g/mol. The molecule has 4 atom stereocenters. The van der Waals surface area contributed by atoms with Gasteiger partial charge in [0.05, 0.1) is 24.4 Å². The van der Waals surface area contributed by atoms with Crippen LogP contribution in [0.1, 0.15) is 33.6 Å². The molecule has 25 heavy (non-hydrogen) atoms. The van der Waals surface area contributed by atoms with Crippen LogP contribution in [0, 0.1) is 5.92 Å². The Kier molecular flexibility index (Phi) is 5.77. The summed E-state index contributed by atoms with van der Waals surface area (Å²) in [6.45, 7) is 5.59. The van der Waals surface area contributed by atoms with Gasteiger partial charge in [-0.1, -0.05) is 0 Å². The van der Waals surface area contributed by atoms with Gasteiger partial charge >= 0.3 is 6.09 Å². The predicted molar refractivity (Wildman–Crippen MR) is 88.2 cm³/mol. The number of amides is 2. The van der Waals surface area contributed by atoms with Crippen LogP contribution >= 0.6 is 0 Å². The van der Waals surface area contributed by atoms with E-state index in [1.807, 2.05) is 0 Å². The lowest BCUT2D eigenvalue weighted by molar-refractivity contribution is -0.133. The standard InChI is InChI=1S/C15H26N2O7S/c1-15(2,3)23-14(20)17-6-5-10(13(17)19)12(18)11-7-9(8-16-11)24-25(4,21)22/h9-12,16,18H,5-8H2,1-4H3/t9-,10+,11+,12-/m1/s1. The van der Waals surface area contributed by atoms with Crippen LogP contribution in [0.2, 0.25) is 0 Å². The van der Waals surface area contributed by atoms with Crippen molar-refractivity contribution in [1.82, 2.24) is 10.2 Å². The first-order valence-corrected chi connectivity index (χ1v) is 10.0. The Labute approximate surface area is 147 Å². The molecule has 0 radical (unpaired) electrons. The molecule has 0 bridgehead atoms. The van der Waals surface area contributed by atoms with Crippen molar-refractivity contribution < 1.29 is 32.0 Å². The number of imide groups is 1. The number of ether oxygens (including phenoxy) is 1. The minimum absolute atomic E-state index is 0.186. The summed E-state index contributed by atoms with van der Waals surface area (Å²) in [5.74, 6) is -1.21. The van der Waals surface area contributed by atoms with Crippen molar-refractivity contribution >= 4 is 22.1 Å². The van der Waals surface area contributed by atoms with Crippen LogP contribution in [-0.4, -0.2) is 73.6 Å². The minimum atomic E-state index is -3.58. The van der Waals surface area contributed by atoms with E-state index >= 15 is 0 Å². The van der Waals surface area contributed by atoms with E-state index in [9.17, 15) is 23.1 Å². The Morgan fingerprint density at radius 3 is 2.60 bits per heavy atom. The highest BCUT2D eigenvalue weighted by Gasteiger charge is 2.45. The van der Waals surface area contributed by atoms with Crippen LogP contribution < -0.4 is 5.32 Å². The first-order chi connectivity index (χ1) is 11.4. The molecule has 0 aliphatic carbocycles. The molecule has 10 heteroatoms. The summed E-state index contributed by atoms with van der Waals surface area (Å²) in [5.41, 5.74) is -0.711. The molecule has 2 saturated heterocycles. The zero-order chi connectivity index (χ0) is 19.0. The SMILES string of the molecule is CC(C)(C)OC(=O)N1CC[C@@H]([C@@H](O)[C@@H]2C[C@@H](OS(C)(=O)=O)CN2)C1=O. The number of nitrogens with zero attached hydrogens (tertiary/aromatic N) is 1. The van der Waals surface area contributed by atoms with Crippen LogP contribution in [-0.2, 0) is 23.8 Å². The van der Waals surface area contributed by atoms with Gasteiger partial charge in [0.1, 0.15) is 5.60 Å². The van der Waals surface area contributed by atoms with E-state index in [2.05, 4.69) is 5.32 Å². The number of carbonyl (C=O) groups is 2. The smallest absolute Gasteiger partial charge is 0.417 e.